The first-order valence-corrected chi connectivity index (χ1v) is 6.01. The molecule has 0 spiro atoms. The fourth-order valence-electron chi connectivity index (χ4n) is 0.716. The topological polar surface area (TPSA) is 65.4 Å². The number of aromatic amines is 1. The minimum atomic E-state index is 0.592. The average molecular weight is 214 g/mol. The van der Waals surface area contributed by atoms with Crippen molar-refractivity contribution in [2.45, 2.75) is 11.4 Å². The summed E-state index contributed by atoms with van der Waals surface area (Å²) in [5.74, 6) is 2.66. The normalized spacial score (nSPS) is 9.77. The zero-order chi connectivity index (χ0) is 9.36. The molecule has 0 bridgehead atoms. The predicted octanol–water partition coefficient (Wildman–Crippen LogP) is 1.54. The molecule has 1 aromatic heterocycles. The van der Waals surface area contributed by atoms with Crippen molar-refractivity contribution in [2.75, 3.05) is 17.3 Å². The summed E-state index contributed by atoms with van der Waals surface area (Å²) < 4.78 is 0. The molecule has 0 aliphatic heterocycles. The Morgan fingerprint density at radius 1 is 1.54 bits per heavy atom. The number of hydrogen-bond acceptors (Lipinski definition) is 5. The summed E-state index contributed by atoms with van der Waals surface area (Å²) >= 11 is 3.36. The summed E-state index contributed by atoms with van der Waals surface area (Å²) in [5, 5.41) is 19.4. The van der Waals surface area contributed by atoms with E-state index in [1.165, 1.54) is 0 Å². The molecule has 70 valence electrons. The van der Waals surface area contributed by atoms with Gasteiger partial charge < -0.3 is 0 Å². The maximum Gasteiger partial charge on any atom is 0.138 e. The fraction of sp³-hybridized carbons (Fsp3) is 0.571. The smallest absolute Gasteiger partial charge is 0.138 e. The van der Waals surface area contributed by atoms with E-state index in [-0.39, 0.29) is 0 Å². The Hall–Kier alpha value is -0.670. The molecule has 6 heteroatoms. The lowest BCUT2D eigenvalue weighted by molar-refractivity contribution is 0.910. The zero-order valence-electron chi connectivity index (χ0n) is 7.06. The van der Waals surface area contributed by atoms with E-state index >= 15 is 0 Å². The summed E-state index contributed by atoms with van der Waals surface area (Å²) in [4.78, 5) is 0. The number of H-pyrrole nitrogens is 1. The third-order valence-electron chi connectivity index (χ3n) is 1.24. The minimum Gasteiger partial charge on any atom is -0.197 e. The molecule has 0 amide bonds. The molecule has 0 saturated heterocycles. The second kappa shape index (κ2) is 6.80. The summed E-state index contributed by atoms with van der Waals surface area (Å²) in [6.45, 7) is 0. The van der Waals surface area contributed by atoms with Crippen molar-refractivity contribution < 1.29 is 0 Å². The van der Waals surface area contributed by atoms with E-state index in [4.69, 9.17) is 5.26 Å². The van der Waals surface area contributed by atoms with Crippen LogP contribution in [0, 0.1) is 11.3 Å². The van der Waals surface area contributed by atoms with Crippen molar-refractivity contribution in [3.63, 3.8) is 0 Å². The van der Waals surface area contributed by atoms with Crippen LogP contribution < -0.4 is 0 Å². The number of thioether (sulfide) groups is 2. The van der Waals surface area contributed by atoms with Gasteiger partial charge in [-0.2, -0.15) is 15.6 Å². The summed E-state index contributed by atoms with van der Waals surface area (Å²) in [6, 6.07) is 2.10. The number of nitrogens with one attached hydrogen (secondary N) is 1. The Kier molecular flexibility index (Phi) is 5.45. The Morgan fingerprint density at radius 2 is 2.46 bits per heavy atom. The Labute approximate surface area is 85.5 Å². The lowest BCUT2D eigenvalue weighted by Crippen LogP contribution is -1.85. The SMILES string of the molecule is N#CCSCCCSc1cn[nH]n1. The van der Waals surface area contributed by atoms with E-state index in [0.717, 1.165) is 23.0 Å². The Balaban J connectivity index is 1.94. The lowest BCUT2D eigenvalue weighted by atomic mass is 10.6. The van der Waals surface area contributed by atoms with Crippen LogP contribution >= 0.6 is 23.5 Å². The van der Waals surface area contributed by atoms with Crippen LogP contribution in [0.5, 0.6) is 0 Å². The van der Waals surface area contributed by atoms with Gasteiger partial charge in [0.1, 0.15) is 5.03 Å². The third-order valence-corrected chi connectivity index (χ3v) is 3.14. The largest absolute Gasteiger partial charge is 0.197 e. The zero-order valence-corrected chi connectivity index (χ0v) is 8.70. The van der Waals surface area contributed by atoms with E-state index in [1.54, 1.807) is 29.7 Å². The van der Waals surface area contributed by atoms with Gasteiger partial charge in [0.2, 0.25) is 0 Å². The fourth-order valence-corrected chi connectivity index (χ4v) is 2.21. The first-order valence-electron chi connectivity index (χ1n) is 3.87. The van der Waals surface area contributed by atoms with E-state index < -0.39 is 0 Å². The van der Waals surface area contributed by atoms with Crippen LogP contribution in [0.4, 0.5) is 0 Å². The third kappa shape index (κ3) is 4.80. The van der Waals surface area contributed by atoms with Crippen LogP contribution in [0.25, 0.3) is 0 Å². The Bertz CT molecular complexity index is 254. The van der Waals surface area contributed by atoms with Gasteiger partial charge in [-0.3, -0.25) is 0 Å². The summed E-state index contributed by atoms with van der Waals surface area (Å²) in [5.41, 5.74) is 0. The van der Waals surface area contributed by atoms with Crippen molar-refractivity contribution in [1.29, 1.82) is 5.26 Å². The molecule has 1 heterocycles. The molecule has 1 aromatic rings. The van der Waals surface area contributed by atoms with Crippen molar-refractivity contribution >= 4 is 23.5 Å². The van der Waals surface area contributed by atoms with E-state index in [9.17, 15) is 0 Å². The molecule has 0 atom stereocenters. The van der Waals surface area contributed by atoms with Gasteiger partial charge >= 0.3 is 0 Å². The van der Waals surface area contributed by atoms with Crippen LogP contribution in [0.15, 0.2) is 11.2 Å². The van der Waals surface area contributed by atoms with Gasteiger partial charge in [-0.25, -0.2) is 0 Å². The molecule has 0 aliphatic carbocycles. The lowest BCUT2D eigenvalue weighted by Gasteiger charge is -1.95. The molecule has 4 nitrogen and oxygen atoms in total. The molecular formula is C7H10N4S2. The highest BCUT2D eigenvalue weighted by atomic mass is 32.2. The first kappa shape index (κ1) is 10.4. The van der Waals surface area contributed by atoms with Crippen molar-refractivity contribution in [2.24, 2.45) is 0 Å². The van der Waals surface area contributed by atoms with E-state index in [0.29, 0.717) is 5.75 Å². The van der Waals surface area contributed by atoms with Gasteiger partial charge in [-0.1, -0.05) is 0 Å². The molecule has 0 unspecified atom stereocenters. The maximum absolute atomic E-state index is 8.27. The van der Waals surface area contributed by atoms with Crippen molar-refractivity contribution in [1.82, 2.24) is 15.4 Å². The molecule has 0 aromatic carbocycles. The summed E-state index contributed by atoms with van der Waals surface area (Å²) in [7, 11) is 0. The van der Waals surface area contributed by atoms with Gasteiger partial charge in [0, 0.05) is 5.75 Å². The van der Waals surface area contributed by atoms with Gasteiger partial charge in [0.25, 0.3) is 0 Å². The predicted molar refractivity (Wildman–Crippen MR) is 54.7 cm³/mol. The Morgan fingerprint density at radius 3 is 3.15 bits per heavy atom. The highest BCUT2D eigenvalue weighted by molar-refractivity contribution is 8.00. The quantitative estimate of drug-likeness (QED) is 0.575. The molecule has 1 rings (SSSR count). The van der Waals surface area contributed by atoms with E-state index in [1.807, 2.05) is 0 Å². The van der Waals surface area contributed by atoms with Gasteiger partial charge in [-0.05, 0) is 12.2 Å². The number of hydrogen-bond donors (Lipinski definition) is 1. The van der Waals surface area contributed by atoms with E-state index in [2.05, 4.69) is 21.5 Å². The standard InChI is InChI=1S/C7H10N4S2/c8-2-5-12-3-1-4-13-7-6-9-11-10-7/h6H,1,3-5H2,(H,9,10,11). The minimum absolute atomic E-state index is 0.592. The van der Waals surface area contributed by atoms with Crippen LogP contribution in [0.2, 0.25) is 0 Å². The van der Waals surface area contributed by atoms with Gasteiger partial charge in [0.15, 0.2) is 0 Å². The summed E-state index contributed by atoms with van der Waals surface area (Å²) in [6.07, 6.45) is 2.82. The first-order chi connectivity index (χ1) is 6.43. The number of aromatic nitrogens is 3. The second-order valence-corrected chi connectivity index (χ2v) is 4.44. The number of nitriles is 1. The average Bonchev–Trinajstić information content (AvgIpc) is 2.63. The monoisotopic (exact) mass is 214 g/mol. The van der Waals surface area contributed by atoms with Crippen molar-refractivity contribution in [3.05, 3.63) is 6.20 Å². The molecular weight excluding hydrogens is 204 g/mol. The molecule has 0 aliphatic rings. The highest BCUT2D eigenvalue weighted by Gasteiger charge is 1.95. The number of rotatable bonds is 6. The van der Waals surface area contributed by atoms with Crippen LogP contribution in [0.1, 0.15) is 6.42 Å². The molecule has 0 fully saturated rings. The van der Waals surface area contributed by atoms with Crippen LogP contribution in [-0.4, -0.2) is 32.7 Å². The number of nitrogens with zero attached hydrogens (tertiary/aromatic N) is 3. The van der Waals surface area contributed by atoms with Crippen LogP contribution in [0.3, 0.4) is 0 Å². The molecule has 0 saturated carbocycles. The molecule has 0 radical (unpaired) electrons. The van der Waals surface area contributed by atoms with Crippen LogP contribution in [-0.2, 0) is 0 Å². The second-order valence-electron chi connectivity index (χ2n) is 2.22. The van der Waals surface area contributed by atoms with Gasteiger partial charge in [0.05, 0.1) is 18.0 Å². The highest BCUT2D eigenvalue weighted by Crippen LogP contribution is 2.14. The maximum atomic E-state index is 8.27. The molecule has 1 N–H and O–H groups in total. The molecule has 13 heavy (non-hydrogen) atoms. The van der Waals surface area contributed by atoms with Gasteiger partial charge in [-0.15, -0.1) is 28.6 Å². The van der Waals surface area contributed by atoms with Crippen molar-refractivity contribution in [3.8, 4) is 6.07 Å².